The first-order valence-corrected chi connectivity index (χ1v) is 6.62. The van der Waals surface area contributed by atoms with Crippen LogP contribution in [0.3, 0.4) is 0 Å². The Kier molecular flexibility index (Phi) is 7.45. The van der Waals surface area contributed by atoms with Crippen molar-refractivity contribution in [3.63, 3.8) is 0 Å². The summed E-state index contributed by atoms with van der Waals surface area (Å²) in [6.45, 7) is 4.75. The molecule has 0 aliphatic heterocycles. The first kappa shape index (κ1) is 20.3. The molecule has 0 saturated heterocycles. The number of rotatable bonds is 6. The lowest BCUT2D eigenvalue weighted by Gasteiger charge is -2.25. The molecule has 0 aliphatic rings. The zero-order valence-corrected chi connectivity index (χ0v) is 13.1. The number of anilines is 2. The van der Waals surface area contributed by atoms with Gasteiger partial charge in [0, 0.05) is 19.2 Å². The summed E-state index contributed by atoms with van der Waals surface area (Å²) < 4.78 is 38.2. The number of nitrogen functional groups attached to an aromatic ring is 1. The first-order valence-electron chi connectivity index (χ1n) is 6.62. The molecule has 0 bridgehead atoms. The molecule has 0 heterocycles. The van der Waals surface area contributed by atoms with Crippen molar-refractivity contribution >= 4 is 29.5 Å². The van der Waals surface area contributed by atoms with E-state index in [4.69, 9.17) is 5.73 Å². The third-order valence-corrected chi connectivity index (χ3v) is 2.95. The summed E-state index contributed by atoms with van der Waals surface area (Å²) in [5.41, 5.74) is 3.80. The molecule has 0 radical (unpaired) electrons. The summed E-state index contributed by atoms with van der Waals surface area (Å²) in [5, 5.41) is 11.1. The number of alkyl halides is 3. The van der Waals surface area contributed by atoms with Crippen LogP contribution in [0.15, 0.2) is 12.1 Å². The maximum atomic E-state index is 12.7. The maximum absolute atomic E-state index is 12.7. The average Bonchev–Trinajstić information content (AvgIpc) is 2.36. The van der Waals surface area contributed by atoms with Crippen LogP contribution in [0.25, 0.3) is 0 Å². The van der Waals surface area contributed by atoms with E-state index in [2.05, 4.69) is 0 Å². The van der Waals surface area contributed by atoms with Crippen molar-refractivity contribution in [2.75, 3.05) is 23.7 Å². The van der Waals surface area contributed by atoms with Gasteiger partial charge in [-0.15, -0.1) is 12.4 Å². The summed E-state index contributed by atoms with van der Waals surface area (Å²) in [5.74, 6) is 0. The highest BCUT2D eigenvalue weighted by atomic mass is 35.5. The molecular formula is C13H19ClF3N3O2. The molecule has 0 saturated carbocycles. The van der Waals surface area contributed by atoms with Gasteiger partial charge in [-0.05, 0) is 18.9 Å². The Morgan fingerprint density at radius 3 is 2.09 bits per heavy atom. The van der Waals surface area contributed by atoms with Gasteiger partial charge in [0.05, 0.1) is 16.2 Å². The van der Waals surface area contributed by atoms with Gasteiger partial charge in [-0.25, -0.2) is 0 Å². The predicted molar refractivity (Wildman–Crippen MR) is 82.6 cm³/mol. The van der Waals surface area contributed by atoms with Crippen LogP contribution in [0.2, 0.25) is 0 Å². The van der Waals surface area contributed by atoms with Crippen LogP contribution in [0.1, 0.15) is 32.3 Å². The Morgan fingerprint density at radius 1 is 1.23 bits per heavy atom. The Morgan fingerprint density at radius 2 is 1.73 bits per heavy atom. The van der Waals surface area contributed by atoms with E-state index >= 15 is 0 Å². The van der Waals surface area contributed by atoms with Crippen molar-refractivity contribution in [1.29, 1.82) is 0 Å². The van der Waals surface area contributed by atoms with Crippen LogP contribution >= 0.6 is 12.4 Å². The number of nitrogens with two attached hydrogens (primary N) is 1. The second kappa shape index (κ2) is 8.07. The minimum atomic E-state index is -4.67. The summed E-state index contributed by atoms with van der Waals surface area (Å²) in [7, 11) is 0. The van der Waals surface area contributed by atoms with Gasteiger partial charge >= 0.3 is 6.18 Å². The number of nitrogens with zero attached hydrogens (tertiary/aromatic N) is 2. The number of nitro groups is 1. The van der Waals surface area contributed by atoms with E-state index in [-0.39, 0.29) is 23.8 Å². The fourth-order valence-electron chi connectivity index (χ4n) is 2.16. The van der Waals surface area contributed by atoms with Gasteiger partial charge in [0.15, 0.2) is 0 Å². The normalized spacial score (nSPS) is 11.0. The van der Waals surface area contributed by atoms with Crippen LogP contribution in [-0.2, 0) is 6.18 Å². The minimum Gasteiger partial charge on any atom is -0.397 e. The second-order valence-corrected chi connectivity index (χ2v) is 4.68. The first-order chi connectivity index (χ1) is 9.72. The number of benzene rings is 1. The molecule has 1 aromatic carbocycles. The highest BCUT2D eigenvalue weighted by Gasteiger charge is 2.35. The van der Waals surface area contributed by atoms with E-state index in [0.717, 1.165) is 6.07 Å². The molecule has 22 heavy (non-hydrogen) atoms. The van der Waals surface area contributed by atoms with E-state index in [9.17, 15) is 23.3 Å². The summed E-state index contributed by atoms with van der Waals surface area (Å²) in [4.78, 5) is 12.0. The SMILES string of the molecule is CCCN(CCC)c1c(N)cc(C(F)(F)F)cc1[N+](=O)[O-].Cl. The molecule has 0 fully saturated rings. The number of nitro benzene ring substituents is 1. The maximum Gasteiger partial charge on any atom is 0.416 e. The van der Waals surface area contributed by atoms with Crippen LogP contribution in [0.5, 0.6) is 0 Å². The Hall–Kier alpha value is -1.70. The lowest BCUT2D eigenvalue weighted by Crippen LogP contribution is -2.27. The topological polar surface area (TPSA) is 72.4 Å². The van der Waals surface area contributed by atoms with Crippen LogP contribution in [-0.4, -0.2) is 18.0 Å². The van der Waals surface area contributed by atoms with Gasteiger partial charge < -0.3 is 10.6 Å². The highest BCUT2D eigenvalue weighted by Crippen LogP contribution is 2.40. The lowest BCUT2D eigenvalue weighted by atomic mass is 10.1. The lowest BCUT2D eigenvalue weighted by molar-refractivity contribution is -0.384. The molecule has 9 heteroatoms. The van der Waals surface area contributed by atoms with E-state index in [1.807, 2.05) is 13.8 Å². The van der Waals surface area contributed by atoms with Crippen molar-refractivity contribution in [1.82, 2.24) is 0 Å². The molecule has 2 N–H and O–H groups in total. The summed E-state index contributed by atoms with van der Waals surface area (Å²) >= 11 is 0. The summed E-state index contributed by atoms with van der Waals surface area (Å²) in [6, 6.07) is 1.30. The Labute approximate surface area is 132 Å². The fourth-order valence-corrected chi connectivity index (χ4v) is 2.16. The molecule has 0 unspecified atom stereocenters. The molecule has 126 valence electrons. The molecule has 0 aromatic heterocycles. The van der Waals surface area contributed by atoms with Gasteiger partial charge in [-0.3, -0.25) is 10.1 Å². The molecule has 0 spiro atoms. The Balaban J connectivity index is 0.00000441. The highest BCUT2D eigenvalue weighted by molar-refractivity contribution is 5.85. The van der Waals surface area contributed by atoms with E-state index in [0.29, 0.717) is 32.0 Å². The van der Waals surface area contributed by atoms with Gasteiger partial charge in [0.25, 0.3) is 5.69 Å². The molecule has 1 aromatic rings. The molecule has 1 rings (SSSR count). The zero-order valence-electron chi connectivity index (χ0n) is 12.3. The third kappa shape index (κ3) is 4.66. The van der Waals surface area contributed by atoms with Crippen LogP contribution < -0.4 is 10.6 Å². The average molecular weight is 342 g/mol. The van der Waals surface area contributed by atoms with Gasteiger partial charge in [0.2, 0.25) is 0 Å². The third-order valence-electron chi connectivity index (χ3n) is 2.95. The minimum absolute atomic E-state index is 0. The van der Waals surface area contributed by atoms with Gasteiger partial charge in [-0.2, -0.15) is 13.2 Å². The number of hydrogen-bond acceptors (Lipinski definition) is 4. The quantitative estimate of drug-likeness (QED) is 0.477. The van der Waals surface area contributed by atoms with E-state index in [1.54, 1.807) is 4.90 Å². The van der Waals surface area contributed by atoms with Gasteiger partial charge in [-0.1, -0.05) is 13.8 Å². The predicted octanol–water partition coefficient (Wildman–Crippen LogP) is 4.24. The zero-order chi connectivity index (χ0) is 16.2. The van der Waals surface area contributed by atoms with Crippen molar-refractivity contribution in [2.45, 2.75) is 32.9 Å². The monoisotopic (exact) mass is 341 g/mol. The van der Waals surface area contributed by atoms with E-state index < -0.39 is 22.4 Å². The molecule has 0 aliphatic carbocycles. The largest absolute Gasteiger partial charge is 0.416 e. The molecule has 5 nitrogen and oxygen atoms in total. The van der Waals surface area contributed by atoms with Crippen molar-refractivity contribution in [2.24, 2.45) is 0 Å². The summed E-state index contributed by atoms with van der Waals surface area (Å²) in [6.07, 6.45) is -3.26. The van der Waals surface area contributed by atoms with Crippen molar-refractivity contribution < 1.29 is 18.1 Å². The molecular weight excluding hydrogens is 323 g/mol. The second-order valence-electron chi connectivity index (χ2n) is 4.68. The van der Waals surface area contributed by atoms with Crippen molar-refractivity contribution in [3.05, 3.63) is 27.8 Å². The van der Waals surface area contributed by atoms with Crippen LogP contribution in [0.4, 0.5) is 30.2 Å². The standard InChI is InChI=1S/C13H18F3N3O2.ClH/c1-3-5-18(6-4-2)12-10(17)7-9(13(14,15)16)8-11(12)19(20)21;/h7-8H,3-6,17H2,1-2H3;1H. The molecule has 0 amide bonds. The van der Waals surface area contributed by atoms with Gasteiger partial charge in [0.1, 0.15) is 5.69 Å². The number of hydrogen-bond donors (Lipinski definition) is 1. The fraction of sp³-hybridized carbons (Fsp3) is 0.538. The van der Waals surface area contributed by atoms with E-state index in [1.165, 1.54) is 0 Å². The van der Waals surface area contributed by atoms with Crippen molar-refractivity contribution in [3.8, 4) is 0 Å². The Bertz CT molecular complexity index is 518. The smallest absolute Gasteiger partial charge is 0.397 e. The number of halogens is 4. The van der Waals surface area contributed by atoms with Crippen LogP contribution in [0, 0.1) is 10.1 Å². The molecule has 0 atom stereocenters.